The third-order valence-corrected chi connectivity index (χ3v) is 5.97. The molecule has 1 aliphatic heterocycles. The second-order valence-corrected chi connectivity index (χ2v) is 8.12. The number of anilines is 2. The molecule has 0 aliphatic carbocycles. The Labute approximate surface area is 149 Å². The van der Waals surface area contributed by atoms with E-state index in [0.717, 1.165) is 18.5 Å². The van der Waals surface area contributed by atoms with Gasteiger partial charge in [-0.2, -0.15) is 0 Å². The Morgan fingerprint density at radius 1 is 1.00 bits per heavy atom. The van der Waals surface area contributed by atoms with E-state index >= 15 is 0 Å². The molecular weight excluding hydrogens is 392 g/mol. The van der Waals surface area contributed by atoms with Crippen molar-refractivity contribution in [3.05, 3.63) is 53.0 Å². The zero-order chi connectivity index (χ0) is 17.2. The van der Waals surface area contributed by atoms with Crippen LogP contribution in [-0.4, -0.2) is 20.9 Å². The van der Waals surface area contributed by atoms with Crippen LogP contribution in [0.25, 0.3) is 0 Å². The van der Waals surface area contributed by atoms with E-state index in [1.165, 1.54) is 12.1 Å². The minimum absolute atomic E-state index is 0.0863. The number of rotatable bonds is 4. The Hall–Kier alpha value is -1.86. The Kier molecular flexibility index (Phi) is 4.91. The monoisotopic (exact) mass is 408 g/mol. The molecule has 24 heavy (non-hydrogen) atoms. The SMILES string of the molecule is O=C1CCCCN1c1ccc(S(=O)(=O)Nc2ccccc2Br)cc1. The number of sulfonamides is 1. The van der Waals surface area contributed by atoms with Gasteiger partial charge in [0, 0.05) is 23.1 Å². The van der Waals surface area contributed by atoms with Crippen LogP contribution in [0.2, 0.25) is 0 Å². The number of hydrogen-bond donors (Lipinski definition) is 1. The van der Waals surface area contributed by atoms with Crippen molar-refractivity contribution in [2.45, 2.75) is 24.2 Å². The van der Waals surface area contributed by atoms with Crippen molar-refractivity contribution in [3.8, 4) is 0 Å². The first-order chi connectivity index (χ1) is 11.5. The summed E-state index contributed by atoms with van der Waals surface area (Å²) in [6.45, 7) is 0.681. The van der Waals surface area contributed by atoms with Crippen molar-refractivity contribution in [2.75, 3.05) is 16.2 Å². The molecule has 0 aromatic heterocycles. The van der Waals surface area contributed by atoms with Crippen LogP contribution in [0.15, 0.2) is 57.9 Å². The zero-order valence-corrected chi connectivity index (χ0v) is 15.3. The first kappa shape index (κ1) is 17.0. The molecule has 1 amide bonds. The molecule has 0 bridgehead atoms. The van der Waals surface area contributed by atoms with Gasteiger partial charge in [-0.15, -0.1) is 0 Å². The number of piperidine rings is 1. The van der Waals surface area contributed by atoms with Crippen LogP contribution in [0.1, 0.15) is 19.3 Å². The molecule has 0 saturated carbocycles. The number of benzene rings is 2. The summed E-state index contributed by atoms with van der Waals surface area (Å²) >= 11 is 3.32. The van der Waals surface area contributed by atoms with Crippen molar-refractivity contribution in [1.82, 2.24) is 0 Å². The average Bonchev–Trinajstić information content (AvgIpc) is 2.57. The predicted molar refractivity (Wildman–Crippen MR) is 97.6 cm³/mol. The second kappa shape index (κ2) is 6.94. The Balaban J connectivity index is 1.82. The van der Waals surface area contributed by atoms with Crippen LogP contribution in [0.4, 0.5) is 11.4 Å². The van der Waals surface area contributed by atoms with E-state index in [1.807, 2.05) is 6.07 Å². The number of amides is 1. The van der Waals surface area contributed by atoms with Gasteiger partial charge in [-0.25, -0.2) is 8.42 Å². The van der Waals surface area contributed by atoms with Crippen molar-refractivity contribution >= 4 is 43.2 Å². The number of carbonyl (C=O) groups is 1. The lowest BCUT2D eigenvalue weighted by Crippen LogP contribution is -2.35. The van der Waals surface area contributed by atoms with Crippen LogP contribution in [-0.2, 0) is 14.8 Å². The molecule has 1 saturated heterocycles. The van der Waals surface area contributed by atoms with Crippen molar-refractivity contribution in [1.29, 1.82) is 0 Å². The van der Waals surface area contributed by atoms with E-state index < -0.39 is 10.0 Å². The van der Waals surface area contributed by atoms with Gasteiger partial charge in [0.2, 0.25) is 5.91 Å². The fraction of sp³-hybridized carbons (Fsp3) is 0.235. The van der Waals surface area contributed by atoms with Gasteiger partial charge in [0.1, 0.15) is 0 Å². The molecule has 1 N–H and O–H groups in total. The number of hydrogen-bond acceptors (Lipinski definition) is 3. The minimum atomic E-state index is -3.68. The molecule has 7 heteroatoms. The minimum Gasteiger partial charge on any atom is -0.312 e. The molecule has 3 rings (SSSR count). The smallest absolute Gasteiger partial charge is 0.261 e. The molecule has 1 fully saturated rings. The highest BCUT2D eigenvalue weighted by atomic mass is 79.9. The number of para-hydroxylation sites is 1. The van der Waals surface area contributed by atoms with E-state index in [1.54, 1.807) is 35.2 Å². The summed E-state index contributed by atoms with van der Waals surface area (Å²) in [5.41, 5.74) is 1.22. The summed E-state index contributed by atoms with van der Waals surface area (Å²) in [5.74, 6) is 0.0863. The van der Waals surface area contributed by atoms with Crippen LogP contribution < -0.4 is 9.62 Å². The van der Waals surface area contributed by atoms with Crippen LogP contribution in [0.3, 0.4) is 0 Å². The second-order valence-electron chi connectivity index (χ2n) is 5.58. The summed E-state index contributed by atoms with van der Waals surface area (Å²) in [5, 5.41) is 0. The third-order valence-electron chi connectivity index (χ3n) is 3.90. The first-order valence-electron chi connectivity index (χ1n) is 7.65. The van der Waals surface area contributed by atoms with Crippen molar-refractivity contribution in [2.24, 2.45) is 0 Å². The largest absolute Gasteiger partial charge is 0.312 e. The molecule has 0 unspecified atom stereocenters. The standard InChI is InChI=1S/C17H17BrN2O3S/c18-15-5-1-2-6-16(15)19-24(22,23)14-10-8-13(9-11-14)20-12-4-3-7-17(20)21/h1-2,5-6,8-11,19H,3-4,7,12H2. The number of halogens is 1. The lowest BCUT2D eigenvalue weighted by atomic mass is 10.1. The molecule has 2 aromatic rings. The summed E-state index contributed by atoms with van der Waals surface area (Å²) in [4.78, 5) is 13.8. The van der Waals surface area contributed by atoms with Crippen LogP contribution in [0, 0.1) is 0 Å². The quantitative estimate of drug-likeness (QED) is 0.836. The van der Waals surface area contributed by atoms with E-state index in [2.05, 4.69) is 20.7 Å². The molecule has 0 atom stereocenters. The topological polar surface area (TPSA) is 66.5 Å². The number of nitrogens with zero attached hydrogens (tertiary/aromatic N) is 1. The molecule has 0 spiro atoms. The highest BCUT2D eigenvalue weighted by Gasteiger charge is 2.21. The van der Waals surface area contributed by atoms with Crippen LogP contribution >= 0.6 is 15.9 Å². The van der Waals surface area contributed by atoms with Crippen molar-refractivity contribution in [3.63, 3.8) is 0 Å². The van der Waals surface area contributed by atoms with Gasteiger partial charge in [-0.1, -0.05) is 12.1 Å². The van der Waals surface area contributed by atoms with Crippen LogP contribution in [0.5, 0.6) is 0 Å². The third kappa shape index (κ3) is 3.62. The molecule has 126 valence electrons. The average molecular weight is 409 g/mol. The molecule has 0 radical (unpaired) electrons. The number of nitrogens with one attached hydrogen (secondary N) is 1. The number of carbonyl (C=O) groups excluding carboxylic acids is 1. The van der Waals surface area contributed by atoms with Gasteiger partial charge in [0.25, 0.3) is 10.0 Å². The summed E-state index contributed by atoms with van der Waals surface area (Å²) < 4.78 is 28.2. The van der Waals surface area contributed by atoms with Gasteiger partial charge >= 0.3 is 0 Å². The van der Waals surface area contributed by atoms with E-state index in [0.29, 0.717) is 23.1 Å². The van der Waals surface area contributed by atoms with Gasteiger partial charge in [0.15, 0.2) is 0 Å². The fourth-order valence-corrected chi connectivity index (χ4v) is 4.23. The lowest BCUT2D eigenvalue weighted by molar-refractivity contribution is -0.119. The normalized spacial score (nSPS) is 15.4. The lowest BCUT2D eigenvalue weighted by Gasteiger charge is -2.26. The van der Waals surface area contributed by atoms with E-state index in [4.69, 9.17) is 0 Å². The Bertz CT molecular complexity index is 850. The summed E-state index contributed by atoms with van der Waals surface area (Å²) in [7, 11) is -3.68. The molecular formula is C17H17BrN2O3S. The Morgan fingerprint density at radius 2 is 1.71 bits per heavy atom. The molecule has 1 heterocycles. The summed E-state index contributed by atoms with van der Waals surface area (Å²) in [6, 6.07) is 13.4. The van der Waals surface area contributed by atoms with E-state index in [9.17, 15) is 13.2 Å². The zero-order valence-electron chi connectivity index (χ0n) is 12.9. The fourth-order valence-electron chi connectivity index (χ4n) is 2.63. The van der Waals surface area contributed by atoms with Gasteiger partial charge < -0.3 is 4.90 Å². The molecule has 5 nitrogen and oxygen atoms in total. The maximum atomic E-state index is 12.5. The molecule has 1 aliphatic rings. The van der Waals surface area contributed by atoms with Crippen molar-refractivity contribution < 1.29 is 13.2 Å². The van der Waals surface area contributed by atoms with E-state index in [-0.39, 0.29) is 10.8 Å². The Morgan fingerprint density at radius 3 is 2.38 bits per heavy atom. The van der Waals surface area contributed by atoms with Gasteiger partial charge in [-0.3, -0.25) is 9.52 Å². The van der Waals surface area contributed by atoms with Gasteiger partial charge in [0.05, 0.1) is 10.6 Å². The van der Waals surface area contributed by atoms with Gasteiger partial charge in [-0.05, 0) is 65.2 Å². The highest BCUT2D eigenvalue weighted by molar-refractivity contribution is 9.10. The summed E-state index contributed by atoms with van der Waals surface area (Å²) in [6.07, 6.45) is 2.43. The first-order valence-corrected chi connectivity index (χ1v) is 9.93. The highest BCUT2D eigenvalue weighted by Crippen LogP contribution is 2.26. The predicted octanol–water partition coefficient (Wildman–Crippen LogP) is 3.77. The maximum absolute atomic E-state index is 12.5. The molecule has 2 aromatic carbocycles. The maximum Gasteiger partial charge on any atom is 0.261 e.